The van der Waals surface area contributed by atoms with Crippen molar-refractivity contribution < 1.29 is 14.8 Å². The van der Waals surface area contributed by atoms with E-state index in [0.29, 0.717) is 17.9 Å². The monoisotopic (exact) mass is 346 g/mol. The van der Waals surface area contributed by atoms with Crippen LogP contribution in [0.15, 0.2) is 18.2 Å². The average Bonchev–Trinajstić information content (AvgIpc) is 2.59. The van der Waals surface area contributed by atoms with Gasteiger partial charge < -0.3 is 4.90 Å². The van der Waals surface area contributed by atoms with Gasteiger partial charge in [-0.1, -0.05) is 33.8 Å². The molecule has 0 saturated heterocycles. The van der Waals surface area contributed by atoms with E-state index in [1.165, 1.54) is 0 Å². The minimum absolute atomic E-state index is 0.242. The first kappa shape index (κ1) is 19.4. The van der Waals surface area contributed by atoms with Gasteiger partial charge in [0, 0.05) is 18.7 Å². The first-order valence-electron chi connectivity index (χ1n) is 9.16. The predicted molar refractivity (Wildman–Crippen MR) is 97.5 cm³/mol. The minimum Gasteiger partial charge on any atom is -0.342 e. The van der Waals surface area contributed by atoms with Crippen LogP contribution in [0.2, 0.25) is 0 Å². The molecule has 0 spiro atoms. The van der Waals surface area contributed by atoms with Gasteiger partial charge in [-0.3, -0.25) is 14.8 Å². The standard InChI is InChI=1S/C20H30N2O3/c1-5-10-22(13-14(2)3)19(24)20(4)9-8-15-11-16(18(23)21-25)6-7-17(15)12-20/h6-7,11,14,25H,5,8-10,12-13H2,1-4H3,(H,21,23). The zero-order chi connectivity index (χ0) is 18.6. The molecule has 5 nitrogen and oxygen atoms in total. The quantitative estimate of drug-likeness (QED) is 0.614. The fourth-order valence-corrected chi connectivity index (χ4v) is 3.71. The molecule has 1 unspecified atom stereocenters. The van der Waals surface area contributed by atoms with E-state index in [0.717, 1.165) is 43.5 Å². The number of nitrogens with zero attached hydrogens (tertiary/aromatic N) is 1. The van der Waals surface area contributed by atoms with Gasteiger partial charge in [0.15, 0.2) is 0 Å². The van der Waals surface area contributed by atoms with Crippen molar-refractivity contribution in [3.63, 3.8) is 0 Å². The lowest BCUT2D eigenvalue weighted by Crippen LogP contribution is -2.47. The third-order valence-corrected chi connectivity index (χ3v) is 4.98. The van der Waals surface area contributed by atoms with Gasteiger partial charge in [0.25, 0.3) is 5.91 Å². The number of benzene rings is 1. The van der Waals surface area contributed by atoms with E-state index in [1.807, 2.05) is 17.0 Å². The van der Waals surface area contributed by atoms with Crippen LogP contribution in [0, 0.1) is 11.3 Å². The molecule has 0 bridgehead atoms. The molecular weight excluding hydrogens is 316 g/mol. The molecule has 0 fully saturated rings. The van der Waals surface area contributed by atoms with Crippen LogP contribution >= 0.6 is 0 Å². The molecule has 2 N–H and O–H groups in total. The molecule has 0 aliphatic heterocycles. The van der Waals surface area contributed by atoms with Gasteiger partial charge in [0.05, 0.1) is 5.41 Å². The number of aryl methyl sites for hydroxylation is 1. The summed E-state index contributed by atoms with van der Waals surface area (Å²) in [6.07, 6.45) is 3.21. The Hall–Kier alpha value is -1.88. The Morgan fingerprint density at radius 3 is 2.64 bits per heavy atom. The van der Waals surface area contributed by atoms with Crippen molar-refractivity contribution >= 4 is 11.8 Å². The van der Waals surface area contributed by atoms with Crippen LogP contribution in [0.25, 0.3) is 0 Å². The average molecular weight is 346 g/mol. The fraction of sp³-hybridized carbons (Fsp3) is 0.600. The van der Waals surface area contributed by atoms with Crippen molar-refractivity contribution in [1.82, 2.24) is 10.4 Å². The predicted octanol–water partition coefficient (Wildman–Crippen LogP) is 3.20. The number of hydroxylamine groups is 1. The minimum atomic E-state index is -0.502. The second kappa shape index (κ2) is 8.00. The highest BCUT2D eigenvalue weighted by atomic mass is 16.5. The van der Waals surface area contributed by atoms with Gasteiger partial charge in [0.2, 0.25) is 5.91 Å². The van der Waals surface area contributed by atoms with E-state index in [2.05, 4.69) is 27.7 Å². The largest absolute Gasteiger partial charge is 0.342 e. The lowest BCUT2D eigenvalue weighted by atomic mass is 9.71. The third kappa shape index (κ3) is 4.40. The van der Waals surface area contributed by atoms with Crippen LogP contribution in [-0.2, 0) is 17.6 Å². The molecule has 1 atom stereocenters. The molecule has 138 valence electrons. The van der Waals surface area contributed by atoms with Crippen LogP contribution in [0.4, 0.5) is 0 Å². The molecule has 1 aromatic carbocycles. The number of amides is 2. The zero-order valence-corrected chi connectivity index (χ0v) is 15.8. The van der Waals surface area contributed by atoms with Crippen molar-refractivity contribution in [2.45, 2.75) is 53.4 Å². The number of fused-ring (bicyclic) bond motifs is 1. The van der Waals surface area contributed by atoms with Crippen LogP contribution in [0.3, 0.4) is 0 Å². The number of rotatable bonds is 6. The summed E-state index contributed by atoms with van der Waals surface area (Å²) in [6, 6.07) is 5.44. The van der Waals surface area contributed by atoms with Crippen molar-refractivity contribution in [3.05, 3.63) is 34.9 Å². The van der Waals surface area contributed by atoms with Crippen LogP contribution < -0.4 is 5.48 Å². The number of hydrogen-bond acceptors (Lipinski definition) is 3. The number of carbonyl (C=O) groups excluding carboxylic acids is 2. The summed E-state index contributed by atoms with van der Waals surface area (Å²) in [5.74, 6) is 0.193. The third-order valence-electron chi connectivity index (χ3n) is 4.98. The van der Waals surface area contributed by atoms with Crippen molar-refractivity contribution in [3.8, 4) is 0 Å². The molecule has 2 amide bonds. The van der Waals surface area contributed by atoms with Gasteiger partial charge in [-0.05, 0) is 54.9 Å². The van der Waals surface area contributed by atoms with Gasteiger partial charge >= 0.3 is 0 Å². The van der Waals surface area contributed by atoms with E-state index in [-0.39, 0.29) is 5.91 Å². The lowest BCUT2D eigenvalue weighted by Gasteiger charge is -2.38. The second-order valence-electron chi connectivity index (χ2n) is 7.81. The summed E-state index contributed by atoms with van der Waals surface area (Å²) in [5.41, 5.74) is 3.94. The summed E-state index contributed by atoms with van der Waals surface area (Å²) in [7, 11) is 0. The number of hydrogen-bond donors (Lipinski definition) is 2. The van der Waals surface area contributed by atoms with Crippen molar-refractivity contribution in [1.29, 1.82) is 0 Å². The molecular formula is C20H30N2O3. The van der Waals surface area contributed by atoms with E-state index >= 15 is 0 Å². The zero-order valence-electron chi connectivity index (χ0n) is 15.8. The maximum atomic E-state index is 13.2. The Bertz CT molecular complexity index is 642. The topological polar surface area (TPSA) is 69.6 Å². The SMILES string of the molecule is CCCN(CC(C)C)C(=O)C1(C)CCc2cc(C(=O)NO)ccc2C1. The molecule has 0 aromatic heterocycles. The maximum absolute atomic E-state index is 13.2. The highest BCUT2D eigenvalue weighted by molar-refractivity contribution is 5.93. The Morgan fingerprint density at radius 1 is 1.32 bits per heavy atom. The summed E-state index contributed by atoms with van der Waals surface area (Å²) < 4.78 is 0. The summed E-state index contributed by atoms with van der Waals surface area (Å²) in [6.45, 7) is 10.0. The highest BCUT2D eigenvalue weighted by Crippen LogP contribution is 2.37. The van der Waals surface area contributed by atoms with Gasteiger partial charge in [0.1, 0.15) is 0 Å². The molecule has 2 rings (SSSR count). The number of nitrogens with one attached hydrogen (secondary N) is 1. The smallest absolute Gasteiger partial charge is 0.274 e. The van der Waals surface area contributed by atoms with E-state index in [1.54, 1.807) is 11.5 Å². The normalized spacial score (nSPS) is 19.4. The summed E-state index contributed by atoms with van der Waals surface area (Å²) >= 11 is 0. The molecule has 1 aliphatic carbocycles. The van der Waals surface area contributed by atoms with Crippen LogP contribution in [0.5, 0.6) is 0 Å². The number of carbonyl (C=O) groups is 2. The van der Waals surface area contributed by atoms with Gasteiger partial charge in [-0.25, -0.2) is 5.48 Å². The summed E-state index contributed by atoms with van der Waals surface area (Å²) in [4.78, 5) is 26.8. The van der Waals surface area contributed by atoms with Crippen LogP contribution in [-0.4, -0.2) is 35.0 Å². The lowest BCUT2D eigenvalue weighted by molar-refractivity contribution is -0.142. The molecule has 0 heterocycles. The maximum Gasteiger partial charge on any atom is 0.274 e. The summed E-state index contributed by atoms with van der Waals surface area (Å²) in [5, 5.41) is 8.78. The van der Waals surface area contributed by atoms with Gasteiger partial charge in [-0.15, -0.1) is 0 Å². The van der Waals surface area contributed by atoms with E-state index < -0.39 is 11.3 Å². The van der Waals surface area contributed by atoms with Crippen molar-refractivity contribution in [2.24, 2.45) is 11.3 Å². The van der Waals surface area contributed by atoms with Crippen LogP contribution in [0.1, 0.15) is 62.0 Å². The second-order valence-corrected chi connectivity index (χ2v) is 7.81. The first-order valence-corrected chi connectivity index (χ1v) is 9.16. The Labute approximate surface area is 150 Å². The highest BCUT2D eigenvalue weighted by Gasteiger charge is 2.39. The van der Waals surface area contributed by atoms with Gasteiger partial charge in [-0.2, -0.15) is 0 Å². The first-order chi connectivity index (χ1) is 11.8. The molecule has 0 radical (unpaired) electrons. The Kier molecular flexibility index (Phi) is 6.22. The molecule has 1 aromatic rings. The fourth-order valence-electron chi connectivity index (χ4n) is 3.71. The van der Waals surface area contributed by atoms with Crippen molar-refractivity contribution in [2.75, 3.05) is 13.1 Å². The molecule has 1 aliphatic rings. The van der Waals surface area contributed by atoms with E-state index in [4.69, 9.17) is 5.21 Å². The molecule has 25 heavy (non-hydrogen) atoms. The molecule has 5 heteroatoms. The van der Waals surface area contributed by atoms with E-state index in [9.17, 15) is 9.59 Å². The molecule has 0 saturated carbocycles. The Balaban J connectivity index is 2.21. The Morgan fingerprint density at radius 2 is 2.04 bits per heavy atom.